The Morgan fingerprint density at radius 2 is 1.65 bits per heavy atom. The van der Waals surface area contributed by atoms with Gasteiger partial charge in [-0.3, -0.25) is 9.59 Å². The molecule has 0 bridgehead atoms. The lowest BCUT2D eigenvalue weighted by Crippen LogP contribution is -2.20. The van der Waals surface area contributed by atoms with Crippen LogP contribution >= 0.6 is 0 Å². The van der Waals surface area contributed by atoms with E-state index in [1.54, 1.807) is 7.05 Å². The maximum Gasteiger partial charge on any atom is 0.206 e. The van der Waals surface area contributed by atoms with Crippen molar-refractivity contribution in [2.24, 2.45) is 5.92 Å². The molecule has 2 aliphatic rings. The molecule has 128 valence electrons. The van der Waals surface area contributed by atoms with Crippen LogP contribution in [0.1, 0.15) is 44.1 Å². The second-order valence-electron chi connectivity index (χ2n) is 6.08. The number of hydrogen-bond acceptors (Lipinski definition) is 3. The van der Waals surface area contributed by atoms with Gasteiger partial charge in [0, 0.05) is 25.4 Å². The summed E-state index contributed by atoms with van der Waals surface area (Å²) < 4.78 is 0. The molecule has 0 saturated heterocycles. The minimum atomic E-state index is 0.394. The first-order valence-corrected chi connectivity index (χ1v) is 8.56. The molecule has 0 aliphatic heterocycles. The highest BCUT2D eigenvalue weighted by molar-refractivity contribution is 5.85. The van der Waals surface area contributed by atoms with Crippen molar-refractivity contribution in [1.82, 2.24) is 10.6 Å². The number of nitrogens with one attached hydrogen (secondary N) is 2. The normalized spacial score (nSPS) is 16.4. The number of hydrogen-bond donors (Lipinski definition) is 2. The first-order valence-electron chi connectivity index (χ1n) is 8.56. The van der Waals surface area contributed by atoms with Crippen LogP contribution in [-0.4, -0.2) is 32.3 Å². The smallest absolute Gasteiger partial charge is 0.206 e. The van der Waals surface area contributed by atoms with E-state index in [-0.39, 0.29) is 0 Å². The number of carbonyl (C=O) groups excluding carboxylic acids is 2. The lowest BCUT2D eigenvalue weighted by Gasteiger charge is -2.03. The van der Waals surface area contributed by atoms with E-state index in [4.69, 9.17) is 4.79 Å². The Morgan fingerprint density at radius 3 is 2.04 bits per heavy atom. The largest absolute Gasteiger partial charge is 0.362 e. The number of ketones is 1. The Hall–Kier alpha value is -1.68. The van der Waals surface area contributed by atoms with Gasteiger partial charge in [0.15, 0.2) is 0 Å². The third-order valence-corrected chi connectivity index (χ3v) is 4.14. The van der Waals surface area contributed by atoms with Gasteiger partial charge in [0.25, 0.3) is 0 Å². The summed E-state index contributed by atoms with van der Waals surface area (Å²) in [5.41, 5.74) is 1.15. The average molecular weight is 318 g/mol. The minimum Gasteiger partial charge on any atom is -0.362 e. The molecule has 3 rings (SSSR count). The molecule has 0 heterocycles. The molecule has 0 atom stereocenters. The molecule has 1 amide bonds. The Kier molecular flexibility index (Phi) is 9.96. The van der Waals surface area contributed by atoms with Crippen LogP contribution in [0.2, 0.25) is 0 Å². The van der Waals surface area contributed by atoms with Gasteiger partial charge in [0.05, 0.1) is 0 Å². The Bertz CT molecular complexity index is 438. The summed E-state index contributed by atoms with van der Waals surface area (Å²) in [6, 6.07) is 10.8. The summed E-state index contributed by atoms with van der Waals surface area (Å²) in [5, 5.41) is 5.51. The molecule has 2 fully saturated rings. The van der Waals surface area contributed by atoms with E-state index in [0.717, 1.165) is 24.4 Å². The summed E-state index contributed by atoms with van der Waals surface area (Å²) in [6.45, 7) is 0. The van der Waals surface area contributed by atoms with E-state index in [0.29, 0.717) is 24.5 Å². The van der Waals surface area contributed by atoms with Crippen LogP contribution in [-0.2, 0) is 16.0 Å². The summed E-state index contributed by atoms with van der Waals surface area (Å²) in [4.78, 5) is 20.4. The summed E-state index contributed by atoms with van der Waals surface area (Å²) in [6.07, 6.45) is 9.16. The highest BCUT2D eigenvalue weighted by Gasteiger charge is 2.28. The predicted molar refractivity (Wildman–Crippen MR) is 94.3 cm³/mol. The Labute approximate surface area is 140 Å². The van der Waals surface area contributed by atoms with Crippen molar-refractivity contribution < 1.29 is 9.59 Å². The molecule has 2 saturated carbocycles. The summed E-state index contributed by atoms with van der Waals surface area (Å²) in [5.74, 6) is 0.811. The second-order valence-corrected chi connectivity index (χ2v) is 6.08. The fourth-order valence-electron chi connectivity index (χ4n) is 2.56. The standard InChI is InChI=1S/C11H12O.C6H13N.C2H5NO/c12-11(10-6-7-10)8-9-4-2-1-3-5-9;1-7-6-4-2-3-5-6;1-3-2-4/h1-5,10H,6-8H2;6-7H,2-5H2,1H3;2H,1H3,(H,3,4). The molecule has 0 aromatic heterocycles. The number of benzene rings is 1. The maximum atomic E-state index is 11.4. The second kappa shape index (κ2) is 11.8. The number of rotatable bonds is 5. The van der Waals surface area contributed by atoms with Gasteiger partial charge in [-0.2, -0.15) is 0 Å². The topological polar surface area (TPSA) is 58.2 Å². The van der Waals surface area contributed by atoms with E-state index in [2.05, 4.69) is 17.7 Å². The van der Waals surface area contributed by atoms with E-state index in [1.807, 2.05) is 30.3 Å². The number of amides is 1. The van der Waals surface area contributed by atoms with Crippen LogP contribution < -0.4 is 10.6 Å². The zero-order valence-corrected chi connectivity index (χ0v) is 14.4. The van der Waals surface area contributed by atoms with Crippen LogP contribution in [0.4, 0.5) is 0 Å². The first kappa shape index (κ1) is 19.4. The summed E-state index contributed by atoms with van der Waals surface area (Å²) in [7, 11) is 3.61. The highest BCUT2D eigenvalue weighted by Crippen LogP contribution is 2.30. The van der Waals surface area contributed by atoms with Crippen LogP contribution in [0.15, 0.2) is 30.3 Å². The zero-order valence-electron chi connectivity index (χ0n) is 14.4. The lowest BCUT2D eigenvalue weighted by molar-refractivity contribution is -0.119. The third-order valence-electron chi connectivity index (χ3n) is 4.14. The quantitative estimate of drug-likeness (QED) is 0.821. The lowest BCUT2D eigenvalue weighted by atomic mass is 10.1. The van der Waals surface area contributed by atoms with Crippen LogP contribution in [0, 0.1) is 5.92 Å². The van der Waals surface area contributed by atoms with Crippen molar-refractivity contribution in [3.8, 4) is 0 Å². The van der Waals surface area contributed by atoms with E-state index < -0.39 is 0 Å². The fourth-order valence-corrected chi connectivity index (χ4v) is 2.56. The average Bonchev–Trinajstić information content (AvgIpc) is 3.32. The molecule has 0 radical (unpaired) electrons. The van der Waals surface area contributed by atoms with Crippen LogP contribution in [0.3, 0.4) is 0 Å². The van der Waals surface area contributed by atoms with Crippen molar-refractivity contribution >= 4 is 12.2 Å². The van der Waals surface area contributed by atoms with Gasteiger partial charge < -0.3 is 10.6 Å². The van der Waals surface area contributed by atoms with Crippen molar-refractivity contribution in [2.45, 2.75) is 51.0 Å². The van der Waals surface area contributed by atoms with Crippen molar-refractivity contribution in [3.63, 3.8) is 0 Å². The molecule has 2 N–H and O–H groups in total. The number of Topliss-reactive ketones (excluding diaryl/α,β-unsaturated/α-hetero) is 1. The number of carbonyl (C=O) groups is 2. The Balaban J connectivity index is 0.000000204. The first-order chi connectivity index (χ1) is 11.2. The maximum absolute atomic E-state index is 11.4. The fraction of sp³-hybridized carbons (Fsp3) is 0.579. The van der Waals surface area contributed by atoms with Crippen molar-refractivity contribution in [3.05, 3.63) is 35.9 Å². The molecular formula is C19H30N2O2. The van der Waals surface area contributed by atoms with Crippen LogP contribution in [0.5, 0.6) is 0 Å². The monoisotopic (exact) mass is 318 g/mol. The van der Waals surface area contributed by atoms with E-state index >= 15 is 0 Å². The molecule has 0 spiro atoms. The van der Waals surface area contributed by atoms with Crippen LogP contribution in [0.25, 0.3) is 0 Å². The van der Waals surface area contributed by atoms with Gasteiger partial charge in [0.1, 0.15) is 5.78 Å². The van der Waals surface area contributed by atoms with Gasteiger partial charge in [0.2, 0.25) is 6.41 Å². The molecule has 4 nitrogen and oxygen atoms in total. The minimum absolute atomic E-state index is 0.394. The molecule has 23 heavy (non-hydrogen) atoms. The molecule has 4 heteroatoms. The van der Waals surface area contributed by atoms with Gasteiger partial charge in [-0.15, -0.1) is 0 Å². The van der Waals surface area contributed by atoms with E-state index in [1.165, 1.54) is 25.7 Å². The predicted octanol–water partition coefficient (Wildman–Crippen LogP) is 2.72. The molecule has 1 aromatic carbocycles. The van der Waals surface area contributed by atoms with Gasteiger partial charge in [-0.05, 0) is 38.3 Å². The molecule has 0 unspecified atom stereocenters. The van der Waals surface area contributed by atoms with Gasteiger partial charge in [-0.25, -0.2) is 0 Å². The van der Waals surface area contributed by atoms with Gasteiger partial charge >= 0.3 is 0 Å². The van der Waals surface area contributed by atoms with Crippen molar-refractivity contribution in [1.29, 1.82) is 0 Å². The molecular weight excluding hydrogens is 288 g/mol. The van der Waals surface area contributed by atoms with E-state index in [9.17, 15) is 4.79 Å². The highest BCUT2D eigenvalue weighted by atomic mass is 16.1. The van der Waals surface area contributed by atoms with Crippen molar-refractivity contribution in [2.75, 3.05) is 14.1 Å². The summed E-state index contributed by atoms with van der Waals surface area (Å²) >= 11 is 0. The molecule has 2 aliphatic carbocycles. The zero-order chi connectivity index (χ0) is 16.9. The third kappa shape index (κ3) is 9.14. The Morgan fingerprint density at radius 1 is 1.09 bits per heavy atom. The molecule has 1 aromatic rings. The van der Waals surface area contributed by atoms with Gasteiger partial charge in [-0.1, -0.05) is 43.2 Å². The SMILES string of the molecule is CNC1CCCC1.CNC=O.O=C(Cc1ccccc1)C1CC1.